The molecule has 2 N–H and O–H groups in total. The molecule has 0 unspecified atom stereocenters. The molecule has 3 rings (SSSR count). The summed E-state index contributed by atoms with van der Waals surface area (Å²) in [7, 11) is 0. The van der Waals surface area contributed by atoms with Gasteiger partial charge in [-0.1, -0.05) is 0 Å². The second-order valence-electron chi connectivity index (χ2n) is 5.77. The van der Waals surface area contributed by atoms with Gasteiger partial charge in [0.1, 0.15) is 18.2 Å². The monoisotopic (exact) mass is 359 g/mol. The van der Waals surface area contributed by atoms with E-state index >= 15 is 0 Å². The fourth-order valence-electron chi connectivity index (χ4n) is 2.64. The van der Waals surface area contributed by atoms with Crippen molar-refractivity contribution in [3.8, 4) is 11.8 Å². The van der Waals surface area contributed by atoms with Gasteiger partial charge < -0.3 is 24.8 Å². The summed E-state index contributed by atoms with van der Waals surface area (Å²) in [5, 5.41) is 12.1. The molecule has 1 aliphatic rings. The molecule has 1 fully saturated rings. The zero-order valence-corrected chi connectivity index (χ0v) is 14.5. The smallest absolute Gasteiger partial charge is 0.407 e. The molecule has 2 aromatic heterocycles. The van der Waals surface area contributed by atoms with Crippen molar-refractivity contribution in [3.05, 3.63) is 30.7 Å². The second-order valence-corrected chi connectivity index (χ2v) is 5.77. The molecule has 138 valence electrons. The minimum absolute atomic E-state index is 0.0551. The first-order valence-electron chi connectivity index (χ1n) is 8.46. The Kier molecular flexibility index (Phi) is 5.67. The van der Waals surface area contributed by atoms with Gasteiger partial charge in [-0.25, -0.2) is 19.7 Å². The molecule has 1 amide bonds. The Morgan fingerprint density at radius 1 is 1.27 bits per heavy atom. The second kappa shape index (κ2) is 8.32. The molecule has 0 aliphatic carbocycles. The summed E-state index contributed by atoms with van der Waals surface area (Å²) in [5.41, 5.74) is 0.771. The summed E-state index contributed by atoms with van der Waals surface area (Å²) in [6.45, 7) is 3.40. The van der Waals surface area contributed by atoms with Crippen molar-refractivity contribution < 1.29 is 19.4 Å². The van der Waals surface area contributed by atoms with Crippen LogP contribution in [0.3, 0.4) is 0 Å². The molecular weight excluding hydrogens is 338 g/mol. The number of piperidine rings is 1. The number of anilines is 2. The van der Waals surface area contributed by atoms with Gasteiger partial charge in [0.2, 0.25) is 11.8 Å². The molecule has 0 saturated carbocycles. The van der Waals surface area contributed by atoms with Crippen molar-refractivity contribution in [2.24, 2.45) is 0 Å². The molecule has 9 heteroatoms. The van der Waals surface area contributed by atoms with Crippen molar-refractivity contribution in [2.75, 3.05) is 25.0 Å². The molecule has 0 bridgehead atoms. The average molecular weight is 359 g/mol. The standard InChI is InChI=1S/C17H21N5O4/c1-2-25-15-4-3-12(10-18-15)21-14-9-16(20-11-19-14)26-13-5-7-22(8-6-13)17(23)24/h3-4,9-11,13H,2,5-8H2,1H3,(H,23,24)(H,19,20,21). The fraction of sp³-hybridized carbons (Fsp3) is 0.412. The minimum atomic E-state index is -0.888. The van der Waals surface area contributed by atoms with Crippen LogP contribution < -0.4 is 14.8 Å². The number of nitrogens with one attached hydrogen (secondary N) is 1. The number of carbonyl (C=O) groups is 1. The molecule has 3 heterocycles. The Hall–Kier alpha value is -3.10. The summed E-state index contributed by atoms with van der Waals surface area (Å²) in [6.07, 6.45) is 3.42. The van der Waals surface area contributed by atoms with Crippen LogP contribution >= 0.6 is 0 Å². The van der Waals surface area contributed by atoms with E-state index in [2.05, 4.69) is 20.3 Å². The lowest BCUT2D eigenvalue weighted by atomic mass is 10.1. The van der Waals surface area contributed by atoms with E-state index in [9.17, 15) is 4.79 Å². The predicted octanol–water partition coefficient (Wildman–Crippen LogP) is 2.54. The van der Waals surface area contributed by atoms with E-state index in [-0.39, 0.29) is 6.10 Å². The van der Waals surface area contributed by atoms with Crippen LogP contribution in [0.1, 0.15) is 19.8 Å². The molecule has 0 radical (unpaired) electrons. The van der Waals surface area contributed by atoms with Crippen LogP contribution in [0.25, 0.3) is 0 Å². The Morgan fingerprint density at radius 2 is 2.08 bits per heavy atom. The van der Waals surface area contributed by atoms with Crippen LogP contribution in [0.15, 0.2) is 30.7 Å². The number of carboxylic acid groups (broad SMARTS) is 1. The highest BCUT2D eigenvalue weighted by Crippen LogP contribution is 2.21. The molecule has 0 spiro atoms. The van der Waals surface area contributed by atoms with Gasteiger partial charge in [-0.15, -0.1) is 0 Å². The Morgan fingerprint density at radius 3 is 2.73 bits per heavy atom. The lowest BCUT2D eigenvalue weighted by Crippen LogP contribution is -2.41. The average Bonchev–Trinajstić information content (AvgIpc) is 2.64. The molecule has 1 aliphatic heterocycles. The van der Waals surface area contributed by atoms with Crippen LogP contribution in [-0.4, -0.2) is 56.9 Å². The van der Waals surface area contributed by atoms with Crippen molar-refractivity contribution in [2.45, 2.75) is 25.9 Å². The molecule has 2 aromatic rings. The summed E-state index contributed by atoms with van der Waals surface area (Å²) >= 11 is 0. The van der Waals surface area contributed by atoms with Crippen molar-refractivity contribution >= 4 is 17.6 Å². The number of amides is 1. The van der Waals surface area contributed by atoms with Gasteiger partial charge in [0.15, 0.2) is 0 Å². The predicted molar refractivity (Wildman–Crippen MR) is 94.0 cm³/mol. The van der Waals surface area contributed by atoms with Crippen LogP contribution in [0.5, 0.6) is 11.8 Å². The molecule has 0 aromatic carbocycles. The Balaban J connectivity index is 1.57. The van der Waals surface area contributed by atoms with Crippen molar-refractivity contribution in [1.29, 1.82) is 0 Å². The largest absolute Gasteiger partial charge is 0.478 e. The Labute approximate surface area is 151 Å². The van der Waals surface area contributed by atoms with Gasteiger partial charge in [0.25, 0.3) is 0 Å². The van der Waals surface area contributed by atoms with Crippen molar-refractivity contribution in [1.82, 2.24) is 19.9 Å². The maximum atomic E-state index is 10.9. The summed E-state index contributed by atoms with van der Waals surface area (Å²) in [6, 6.07) is 5.34. The SMILES string of the molecule is CCOc1ccc(Nc2cc(OC3CCN(C(=O)O)CC3)ncn2)cn1. The maximum Gasteiger partial charge on any atom is 0.407 e. The van der Waals surface area contributed by atoms with Gasteiger partial charge >= 0.3 is 6.09 Å². The number of aromatic nitrogens is 3. The first-order chi connectivity index (χ1) is 12.6. The van der Waals surface area contributed by atoms with Crippen molar-refractivity contribution in [3.63, 3.8) is 0 Å². The number of rotatable bonds is 6. The maximum absolute atomic E-state index is 10.9. The number of hydrogen-bond acceptors (Lipinski definition) is 7. The Bertz CT molecular complexity index is 732. The fourth-order valence-corrected chi connectivity index (χ4v) is 2.64. The van der Waals surface area contributed by atoms with Gasteiger partial charge in [-0.05, 0) is 13.0 Å². The number of pyridine rings is 1. The highest BCUT2D eigenvalue weighted by Gasteiger charge is 2.23. The van der Waals surface area contributed by atoms with Gasteiger partial charge in [0, 0.05) is 38.1 Å². The normalized spacial score (nSPS) is 14.7. The van der Waals surface area contributed by atoms with E-state index in [4.69, 9.17) is 14.6 Å². The van der Waals surface area contributed by atoms with E-state index in [0.29, 0.717) is 50.1 Å². The topological polar surface area (TPSA) is 110 Å². The third-order valence-corrected chi connectivity index (χ3v) is 3.94. The summed E-state index contributed by atoms with van der Waals surface area (Å²) in [4.78, 5) is 24.8. The van der Waals surface area contributed by atoms with Crippen LogP contribution in [-0.2, 0) is 0 Å². The lowest BCUT2D eigenvalue weighted by Gasteiger charge is -2.29. The number of likely N-dealkylation sites (tertiary alicyclic amines) is 1. The highest BCUT2D eigenvalue weighted by atomic mass is 16.5. The molecule has 0 atom stereocenters. The summed E-state index contributed by atoms with van der Waals surface area (Å²) < 4.78 is 11.2. The number of ether oxygens (including phenoxy) is 2. The lowest BCUT2D eigenvalue weighted by molar-refractivity contribution is 0.0870. The molecular formula is C17H21N5O4. The van der Waals surface area contributed by atoms with Gasteiger partial charge in [-0.2, -0.15) is 0 Å². The minimum Gasteiger partial charge on any atom is -0.478 e. The first-order valence-corrected chi connectivity index (χ1v) is 8.46. The van der Waals surface area contributed by atoms with Gasteiger partial charge in [0.05, 0.1) is 18.5 Å². The van der Waals surface area contributed by atoms with E-state index in [1.165, 1.54) is 11.2 Å². The number of nitrogens with zero attached hydrogens (tertiary/aromatic N) is 4. The molecule has 1 saturated heterocycles. The number of hydrogen-bond donors (Lipinski definition) is 2. The van der Waals surface area contributed by atoms with E-state index in [1.54, 1.807) is 18.3 Å². The third kappa shape index (κ3) is 4.71. The van der Waals surface area contributed by atoms with Crippen LogP contribution in [0.2, 0.25) is 0 Å². The molecule has 26 heavy (non-hydrogen) atoms. The van der Waals surface area contributed by atoms with Crippen LogP contribution in [0, 0.1) is 0 Å². The highest BCUT2D eigenvalue weighted by molar-refractivity contribution is 5.65. The van der Waals surface area contributed by atoms with E-state index < -0.39 is 6.09 Å². The zero-order chi connectivity index (χ0) is 18.4. The van der Waals surface area contributed by atoms with E-state index in [1.807, 2.05) is 13.0 Å². The quantitative estimate of drug-likeness (QED) is 0.810. The van der Waals surface area contributed by atoms with Gasteiger partial charge in [-0.3, -0.25) is 0 Å². The van der Waals surface area contributed by atoms with E-state index in [0.717, 1.165) is 5.69 Å². The third-order valence-electron chi connectivity index (χ3n) is 3.94. The first kappa shape index (κ1) is 17.7. The van der Waals surface area contributed by atoms with Crippen LogP contribution in [0.4, 0.5) is 16.3 Å². The zero-order valence-electron chi connectivity index (χ0n) is 14.5. The molecule has 9 nitrogen and oxygen atoms in total. The summed E-state index contributed by atoms with van der Waals surface area (Å²) in [5.74, 6) is 1.61.